The van der Waals surface area contributed by atoms with Gasteiger partial charge in [0, 0.05) is 7.05 Å². The molecule has 0 radical (unpaired) electrons. The second kappa shape index (κ2) is 5.09. The van der Waals surface area contributed by atoms with Crippen molar-refractivity contribution in [3.63, 3.8) is 0 Å². The van der Waals surface area contributed by atoms with Gasteiger partial charge >= 0.3 is 0 Å². The molecule has 0 fully saturated rings. The number of hydrogen-bond acceptors (Lipinski definition) is 5. The van der Waals surface area contributed by atoms with Gasteiger partial charge in [0.15, 0.2) is 11.5 Å². The minimum atomic E-state index is 0.532. The molecule has 6 heteroatoms. The number of hydrogen-bond donors (Lipinski definition) is 1. The third kappa shape index (κ3) is 2.05. The molecule has 6 nitrogen and oxygen atoms in total. The molecule has 0 unspecified atom stereocenters. The first-order chi connectivity index (χ1) is 9.13. The van der Waals surface area contributed by atoms with E-state index >= 15 is 0 Å². The summed E-state index contributed by atoms with van der Waals surface area (Å²) < 4.78 is 17.7. The monoisotopic (exact) mass is 263 g/mol. The molecule has 2 N–H and O–H groups in total. The molecule has 1 aromatic carbocycles. The summed E-state index contributed by atoms with van der Waals surface area (Å²) in [6.45, 7) is 0. The van der Waals surface area contributed by atoms with Gasteiger partial charge in [-0.2, -0.15) is 5.10 Å². The lowest BCUT2D eigenvalue weighted by molar-refractivity contribution is 0.351. The van der Waals surface area contributed by atoms with Crippen molar-refractivity contribution in [1.82, 2.24) is 9.78 Å². The summed E-state index contributed by atoms with van der Waals surface area (Å²) in [4.78, 5) is 0. The van der Waals surface area contributed by atoms with Crippen molar-refractivity contribution < 1.29 is 14.2 Å². The van der Waals surface area contributed by atoms with E-state index in [0.29, 0.717) is 23.1 Å². The van der Waals surface area contributed by atoms with Crippen molar-refractivity contribution in [2.45, 2.75) is 0 Å². The highest BCUT2D eigenvalue weighted by Gasteiger charge is 2.21. The molecule has 0 aliphatic heterocycles. The van der Waals surface area contributed by atoms with Crippen LogP contribution in [0, 0.1) is 0 Å². The molecule has 0 amide bonds. The van der Waals surface area contributed by atoms with E-state index in [1.807, 2.05) is 6.07 Å². The summed E-state index contributed by atoms with van der Waals surface area (Å²) in [6.07, 6.45) is 1.68. The van der Waals surface area contributed by atoms with E-state index in [4.69, 9.17) is 19.9 Å². The lowest BCUT2D eigenvalue weighted by Crippen LogP contribution is -2.00. The molecule has 0 bridgehead atoms. The number of aryl methyl sites for hydroxylation is 1. The summed E-state index contributed by atoms with van der Waals surface area (Å²) in [5, 5.41) is 4.14. The quantitative estimate of drug-likeness (QED) is 0.909. The molecule has 19 heavy (non-hydrogen) atoms. The van der Waals surface area contributed by atoms with E-state index < -0.39 is 0 Å². The van der Waals surface area contributed by atoms with Gasteiger partial charge < -0.3 is 19.9 Å². The van der Waals surface area contributed by atoms with Crippen LogP contribution in [0.1, 0.15) is 0 Å². The summed E-state index contributed by atoms with van der Waals surface area (Å²) in [5.41, 5.74) is 7.50. The lowest BCUT2D eigenvalue weighted by Gasteiger charge is -2.15. The fourth-order valence-electron chi connectivity index (χ4n) is 1.97. The van der Waals surface area contributed by atoms with Crippen LogP contribution in [-0.4, -0.2) is 31.1 Å². The molecule has 2 aromatic rings. The fraction of sp³-hybridized carbons (Fsp3) is 0.308. The maximum atomic E-state index is 6.02. The van der Waals surface area contributed by atoms with Crippen molar-refractivity contribution in [2.24, 2.45) is 7.05 Å². The van der Waals surface area contributed by atoms with Crippen molar-refractivity contribution in [2.75, 3.05) is 27.1 Å². The standard InChI is InChI=1S/C13H17N3O3/c1-16-13(14)8(7-15-16)11-9(17-2)5-6-10(18-3)12(11)19-4/h5-7H,14H2,1-4H3. The van der Waals surface area contributed by atoms with Gasteiger partial charge in [0.2, 0.25) is 0 Å². The molecule has 1 aromatic heterocycles. The Morgan fingerprint density at radius 3 is 2.16 bits per heavy atom. The Hall–Kier alpha value is -2.37. The molecule has 0 saturated carbocycles. The van der Waals surface area contributed by atoms with Crippen LogP contribution in [0.5, 0.6) is 17.2 Å². The summed E-state index contributed by atoms with van der Waals surface area (Å²) in [7, 11) is 6.53. The molecule has 102 valence electrons. The van der Waals surface area contributed by atoms with Crippen molar-refractivity contribution in [3.05, 3.63) is 18.3 Å². The highest BCUT2D eigenvalue weighted by molar-refractivity contribution is 5.85. The molecule has 2 rings (SSSR count). The third-order valence-corrected chi connectivity index (χ3v) is 2.98. The Balaban J connectivity index is 2.75. The number of nitrogens with zero attached hydrogens (tertiary/aromatic N) is 2. The number of nitrogens with two attached hydrogens (primary N) is 1. The van der Waals surface area contributed by atoms with Crippen LogP contribution < -0.4 is 19.9 Å². The van der Waals surface area contributed by atoms with E-state index in [1.165, 1.54) is 0 Å². The highest BCUT2D eigenvalue weighted by atomic mass is 16.5. The normalized spacial score (nSPS) is 10.3. The van der Waals surface area contributed by atoms with Gasteiger partial charge in [-0.1, -0.05) is 0 Å². The predicted molar refractivity (Wildman–Crippen MR) is 72.7 cm³/mol. The number of benzene rings is 1. The zero-order valence-electron chi connectivity index (χ0n) is 11.4. The second-order valence-electron chi connectivity index (χ2n) is 3.95. The molecular formula is C13H17N3O3. The van der Waals surface area contributed by atoms with Gasteiger partial charge in [-0.25, -0.2) is 0 Å². The van der Waals surface area contributed by atoms with E-state index in [0.717, 1.165) is 11.1 Å². The summed E-state index contributed by atoms with van der Waals surface area (Å²) >= 11 is 0. The molecule has 1 heterocycles. The van der Waals surface area contributed by atoms with Crippen LogP contribution in [0.25, 0.3) is 11.1 Å². The van der Waals surface area contributed by atoms with Crippen LogP contribution in [0.4, 0.5) is 5.82 Å². The van der Waals surface area contributed by atoms with E-state index in [1.54, 1.807) is 45.3 Å². The van der Waals surface area contributed by atoms with Crippen LogP contribution in [0.3, 0.4) is 0 Å². The Labute approximate surface area is 111 Å². The molecular weight excluding hydrogens is 246 g/mol. The number of rotatable bonds is 4. The summed E-state index contributed by atoms with van der Waals surface area (Å²) in [5.74, 6) is 2.37. The topological polar surface area (TPSA) is 71.5 Å². The first-order valence-electron chi connectivity index (χ1n) is 5.70. The van der Waals surface area contributed by atoms with Crippen LogP contribution in [0.15, 0.2) is 18.3 Å². The number of methoxy groups -OCH3 is 3. The predicted octanol–water partition coefficient (Wildman–Crippen LogP) is 1.70. The Morgan fingerprint density at radius 1 is 1.05 bits per heavy atom. The van der Waals surface area contributed by atoms with E-state index in [-0.39, 0.29) is 0 Å². The molecule has 0 saturated heterocycles. The maximum Gasteiger partial charge on any atom is 0.172 e. The maximum absolute atomic E-state index is 6.02. The highest BCUT2D eigenvalue weighted by Crippen LogP contribution is 2.45. The Kier molecular flexibility index (Phi) is 3.50. The number of ether oxygens (including phenoxy) is 3. The molecule has 0 aliphatic rings. The zero-order valence-corrected chi connectivity index (χ0v) is 11.4. The van der Waals surface area contributed by atoms with Crippen LogP contribution in [0.2, 0.25) is 0 Å². The first kappa shape index (κ1) is 13.1. The Bertz CT molecular complexity index is 593. The molecule has 0 spiro atoms. The second-order valence-corrected chi connectivity index (χ2v) is 3.95. The van der Waals surface area contributed by atoms with Crippen LogP contribution >= 0.6 is 0 Å². The van der Waals surface area contributed by atoms with Crippen molar-refractivity contribution in [3.8, 4) is 28.4 Å². The third-order valence-electron chi connectivity index (χ3n) is 2.98. The van der Waals surface area contributed by atoms with Gasteiger partial charge in [-0.15, -0.1) is 0 Å². The van der Waals surface area contributed by atoms with Crippen LogP contribution in [-0.2, 0) is 7.05 Å². The van der Waals surface area contributed by atoms with E-state index in [9.17, 15) is 0 Å². The number of nitrogen functional groups attached to an aromatic ring is 1. The average Bonchev–Trinajstić information content (AvgIpc) is 2.77. The number of anilines is 1. The SMILES string of the molecule is COc1ccc(OC)c(-c2cnn(C)c2N)c1OC. The van der Waals surface area contributed by atoms with Gasteiger partial charge in [0.05, 0.1) is 38.7 Å². The van der Waals surface area contributed by atoms with Gasteiger partial charge in [0.1, 0.15) is 11.6 Å². The zero-order chi connectivity index (χ0) is 14.0. The van der Waals surface area contributed by atoms with E-state index in [2.05, 4.69) is 5.10 Å². The van der Waals surface area contributed by atoms with Gasteiger partial charge in [-0.05, 0) is 12.1 Å². The van der Waals surface area contributed by atoms with Gasteiger partial charge in [-0.3, -0.25) is 4.68 Å². The first-order valence-corrected chi connectivity index (χ1v) is 5.70. The fourth-order valence-corrected chi connectivity index (χ4v) is 1.97. The van der Waals surface area contributed by atoms with Crippen molar-refractivity contribution in [1.29, 1.82) is 0 Å². The number of aromatic nitrogens is 2. The minimum Gasteiger partial charge on any atom is -0.496 e. The molecule has 0 atom stereocenters. The van der Waals surface area contributed by atoms with Gasteiger partial charge in [0.25, 0.3) is 0 Å². The Morgan fingerprint density at radius 2 is 1.68 bits per heavy atom. The van der Waals surface area contributed by atoms with Crippen molar-refractivity contribution >= 4 is 5.82 Å². The summed E-state index contributed by atoms with van der Waals surface area (Å²) in [6, 6.07) is 3.59. The smallest absolute Gasteiger partial charge is 0.172 e. The minimum absolute atomic E-state index is 0.532. The molecule has 0 aliphatic carbocycles. The largest absolute Gasteiger partial charge is 0.496 e. The lowest BCUT2D eigenvalue weighted by atomic mass is 10.1. The average molecular weight is 263 g/mol.